The van der Waals surface area contributed by atoms with Crippen LogP contribution in [0.15, 0.2) is 71.9 Å². The number of carboxylic acid groups (broad SMARTS) is 1. The van der Waals surface area contributed by atoms with Crippen LogP contribution in [0.2, 0.25) is 0 Å². The zero-order chi connectivity index (χ0) is 24.3. The minimum absolute atomic E-state index is 0.0693. The average molecular weight is 475 g/mol. The number of pyridine rings is 1. The number of benzene rings is 2. The summed E-state index contributed by atoms with van der Waals surface area (Å²) in [6, 6.07) is 15.7. The van der Waals surface area contributed by atoms with Gasteiger partial charge in [-0.2, -0.15) is 0 Å². The molecule has 174 valence electrons. The van der Waals surface area contributed by atoms with Gasteiger partial charge in [-0.25, -0.2) is 9.78 Å². The minimum atomic E-state index is -1.07. The first kappa shape index (κ1) is 23.5. The Morgan fingerprint density at radius 1 is 1.09 bits per heavy atom. The molecular formula is C26H26N4O3S. The van der Waals surface area contributed by atoms with Crippen LogP contribution in [0.4, 0.5) is 0 Å². The van der Waals surface area contributed by atoms with Gasteiger partial charge in [-0.15, -0.1) is 11.8 Å². The maximum absolute atomic E-state index is 12.9. The van der Waals surface area contributed by atoms with E-state index in [-0.39, 0.29) is 11.2 Å². The number of H-pyrrole nitrogens is 1. The van der Waals surface area contributed by atoms with E-state index in [9.17, 15) is 14.7 Å². The van der Waals surface area contributed by atoms with E-state index in [1.165, 1.54) is 11.8 Å². The third-order valence-electron chi connectivity index (χ3n) is 5.40. The molecule has 1 amide bonds. The largest absolute Gasteiger partial charge is 0.480 e. The number of fused-ring (bicyclic) bond motifs is 1. The molecule has 3 N–H and O–H groups in total. The molecule has 2 aromatic heterocycles. The summed E-state index contributed by atoms with van der Waals surface area (Å²) in [4.78, 5) is 37.6. The van der Waals surface area contributed by atoms with Crippen LogP contribution in [-0.2, 0) is 10.2 Å². The summed E-state index contributed by atoms with van der Waals surface area (Å²) in [5, 5.41) is 12.4. The van der Waals surface area contributed by atoms with E-state index in [1.807, 2.05) is 30.3 Å². The van der Waals surface area contributed by atoms with Crippen LogP contribution >= 0.6 is 11.8 Å². The molecule has 8 heteroatoms. The number of aromatic nitrogens is 3. The molecular weight excluding hydrogens is 448 g/mol. The number of thioether (sulfide) groups is 1. The predicted molar refractivity (Wildman–Crippen MR) is 134 cm³/mol. The summed E-state index contributed by atoms with van der Waals surface area (Å²) < 4.78 is 0. The zero-order valence-corrected chi connectivity index (χ0v) is 20.0. The number of rotatable bonds is 7. The molecule has 0 spiro atoms. The lowest BCUT2D eigenvalue weighted by Crippen LogP contribution is -2.42. The Balaban J connectivity index is 1.49. The first-order valence-electron chi connectivity index (χ1n) is 10.9. The number of nitrogens with one attached hydrogen (secondary N) is 2. The Kier molecular flexibility index (Phi) is 6.70. The zero-order valence-electron chi connectivity index (χ0n) is 19.2. The van der Waals surface area contributed by atoms with E-state index in [2.05, 4.69) is 47.1 Å². The van der Waals surface area contributed by atoms with Gasteiger partial charge in [0, 0.05) is 34.2 Å². The van der Waals surface area contributed by atoms with Gasteiger partial charge in [0.25, 0.3) is 5.91 Å². The molecule has 0 aliphatic carbocycles. The Morgan fingerprint density at radius 3 is 2.53 bits per heavy atom. The van der Waals surface area contributed by atoms with Crippen molar-refractivity contribution in [3.05, 3.63) is 78.1 Å². The van der Waals surface area contributed by atoms with Gasteiger partial charge >= 0.3 is 5.97 Å². The fourth-order valence-corrected chi connectivity index (χ4v) is 4.88. The first-order valence-corrected chi connectivity index (χ1v) is 11.9. The second kappa shape index (κ2) is 9.69. The monoisotopic (exact) mass is 474 g/mol. The Labute approximate surface area is 202 Å². The molecule has 0 fully saturated rings. The van der Waals surface area contributed by atoms with E-state index >= 15 is 0 Å². The summed E-state index contributed by atoms with van der Waals surface area (Å²) in [6.45, 7) is 6.36. The molecule has 0 aliphatic heterocycles. The Bertz CT molecular complexity index is 1330. The highest BCUT2D eigenvalue weighted by Crippen LogP contribution is 2.32. The minimum Gasteiger partial charge on any atom is -0.480 e. The van der Waals surface area contributed by atoms with Crippen LogP contribution in [0.3, 0.4) is 0 Å². The molecule has 7 nitrogen and oxygen atoms in total. The maximum Gasteiger partial charge on any atom is 0.327 e. The number of hydrogen-bond donors (Lipinski definition) is 3. The number of carbonyl (C=O) groups excluding carboxylic acids is 1. The molecule has 0 unspecified atom stereocenters. The lowest BCUT2D eigenvalue weighted by Gasteiger charge is -2.23. The summed E-state index contributed by atoms with van der Waals surface area (Å²) in [5.74, 6) is -0.629. The van der Waals surface area contributed by atoms with Crippen molar-refractivity contribution in [1.82, 2.24) is 20.3 Å². The van der Waals surface area contributed by atoms with Crippen LogP contribution in [0.5, 0.6) is 0 Å². The lowest BCUT2D eigenvalue weighted by molar-refractivity contribution is -0.138. The molecule has 0 saturated heterocycles. The Hall–Kier alpha value is -3.65. The third-order valence-corrected chi connectivity index (χ3v) is 6.57. The topological polar surface area (TPSA) is 108 Å². The summed E-state index contributed by atoms with van der Waals surface area (Å²) >= 11 is 1.43. The van der Waals surface area contributed by atoms with E-state index in [1.54, 1.807) is 30.6 Å². The molecule has 4 aromatic rings. The van der Waals surface area contributed by atoms with Crippen molar-refractivity contribution in [3.63, 3.8) is 0 Å². The van der Waals surface area contributed by atoms with Gasteiger partial charge in [-0.3, -0.25) is 9.78 Å². The van der Waals surface area contributed by atoms with E-state index in [0.29, 0.717) is 22.4 Å². The number of aliphatic carboxylic acids is 1. The highest BCUT2D eigenvalue weighted by atomic mass is 32.2. The van der Waals surface area contributed by atoms with E-state index in [0.717, 1.165) is 16.0 Å². The van der Waals surface area contributed by atoms with Gasteiger partial charge in [-0.1, -0.05) is 39.0 Å². The standard InChI is InChI=1S/C26H26N4O3S/c1-26(2,3)18-6-4-5-7-22(18)34-15-21(25(32)33)30-24(31)17-8-9-19-20(14-17)29-23(28-19)16-10-12-27-13-11-16/h4-14,21H,15H2,1-3H3,(H,28,29)(H,30,31)(H,32,33)/t21-/m0/s1. The van der Waals surface area contributed by atoms with Crippen LogP contribution in [0.1, 0.15) is 36.7 Å². The second-order valence-electron chi connectivity index (χ2n) is 8.97. The number of nitrogens with zero attached hydrogens (tertiary/aromatic N) is 2. The molecule has 0 aliphatic rings. The molecule has 0 radical (unpaired) electrons. The fourth-order valence-electron chi connectivity index (χ4n) is 3.60. The summed E-state index contributed by atoms with van der Waals surface area (Å²) in [7, 11) is 0. The number of hydrogen-bond acceptors (Lipinski definition) is 5. The van der Waals surface area contributed by atoms with Crippen molar-refractivity contribution in [2.75, 3.05) is 5.75 Å². The molecule has 0 saturated carbocycles. The smallest absolute Gasteiger partial charge is 0.327 e. The number of amides is 1. The van der Waals surface area contributed by atoms with Crippen molar-refractivity contribution in [2.24, 2.45) is 0 Å². The number of carboxylic acids is 1. The van der Waals surface area contributed by atoms with Gasteiger partial charge < -0.3 is 15.4 Å². The quantitative estimate of drug-likeness (QED) is 0.329. The van der Waals surface area contributed by atoms with Crippen molar-refractivity contribution >= 4 is 34.7 Å². The maximum atomic E-state index is 12.9. The predicted octanol–water partition coefficient (Wildman–Crippen LogP) is 4.90. The number of aromatic amines is 1. The van der Waals surface area contributed by atoms with Gasteiger partial charge in [0.2, 0.25) is 0 Å². The highest BCUT2D eigenvalue weighted by Gasteiger charge is 2.24. The second-order valence-corrected chi connectivity index (χ2v) is 10.0. The van der Waals surface area contributed by atoms with Crippen LogP contribution < -0.4 is 5.32 Å². The van der Waals surface area contributed by atoms with Crippen LogP contribution in [0, 0.1) is 0 Å². The molecule has 2 heterocycles. The van der Waals surface area contributed by atoms with Gasteiger partial charge in [0.1, 0.15) is 11.9 Å². The van der Waals surface area contributed by atoms with Crippen molar-refractivity contribution in [3.8, 4) is 11.4 Å². The van der Waals surface area contributed by atoms with E-state index < -0.39 is 17.9 Å². The summed E-state index contributed by atoms with van der Waals surface area (Å²) in [5.41, 5.74) is 3.73. The average Bonchev–Trinajstić information content (AvgIpc) is 3.25. The molecule has 0 bridgehead atoms. The molecule has 2 aromatic carbocycles. The van der Waals surface area contributed by atoms with Crippen LogP contribution in [0.25, 0.3) is 22.4 Å². The number of carbonyl (C=O) groups is 2. The number of imidazole rings is 1. The van der Waals surface area contributed by atoms with Crippen molar-refractivity contribution in [1.29, 1.82) is 0 Å². The highest BCUT2D eigenvalue weighted by molar-refractivity contribution is 7.99. The molecule has 1 atom stereocenters. The lowest BCUT2D eigenvalue weighted by atomic mass is 9.87. The van der Waals surface area contributed by atoms with Gasteiger partial charge in [0.05, 0.1) is 11.0 Å². The van der Waals surface area contributed by atoms with Crippen molar-refractivity contribution in [2.45, 2.75) is 37.1 Å². The Morgan fingerprint density at radius 2 is 1.82 bits per heavy atom. The SMILES string of the molecule is CC(C)(C)c1ccccc1SC[C@H](NC(=O)c1ccc2nc(-c3ccncc3)[nH]c2c1)C(=O)O. The third kappa shape index (κ3) is 5.28. The first-order chi connectivity index (χ1) is 16.2. The van der Waals surface area contributed by atoms with E-state index in [4.69, 9.17) is 0 Å². The fraction of sp³-hybridized carbons (Fsp3) is 0.231. The normalized spacial score (nSPS) is 12.4. The molecule has 4 rings (SSSR count). The summed E-state index contributed by atoms with van der Waals surface area (Å²) in [6.07, 6.45) is 3.37. The van der Waals surface area contributed by atoms with Crippen LogP contribution in [-0.4, -0.2) is 43.7 Å². The molecule has 34 heavy (non-hydrogen) atoms. The van der Waals surface area contributed by atoms with Gasteiger partial charge in [0.15, 0.2) is 0 Å². The van der Waals surface area contributed by atoms with Gasteiger partial charge in [-0.05, 0) is 47.4 Å². The van der Waals surface area contributed by atoms with Crippen molar-refractivity contribution < 1.29 is 14.7 Å².